The van der Waals surface area contributed by atoms with Crippen LogP contribution >= 0.6 is 11.3 Å². The molecule has 1 fully saturated rings. The molecule has 0 unspecified atom stereocenters. The van der Waals surface area contributed by atoms with E-state index in [4.69, 9.17) is 4.74 Å². The monoisotopic (exact) mass is 361 g/mol. The van der Waals surface area contributed by atoms with Gasteiger partial charge in [-0.15, -0.1) is 11.3 Å². The molecule has 1 aromatic rings. The molecular weight excluding hydrogens is 342 g/mol. The van der Waals surface area contributed by atoms with Gasteiger partial charge in [0.2, 0.25) is 5.91 Å². The lowest BCUT2D eigenvalue weighted by atomic mass is 9.82. The van der Waals surface area contributed by atoms with E-state index in [0.717, 1.165) is 29.7 Å². The Morgan fingerprint density at radius 3 is 2.60 bits per heavy atom. The maximum Gasteiger partial charge on any atom is 0.341 e. The second-order valence-corrected chi connectivity index (χ2v) is 7.99. The predicted octanol–water partition coefficient (Wildman–Crippen LogP) is 2.48. The van der Waals surface area contributed by atoms with Gasteiger partial charge in [0.1, 0.15) is 5.00 Å². The summed E-state index contributed by atoms with van der Waals surface area (Å²) in [4.78, 5) is 37.8. The molecule has 0 saturated heterocycles. The first-order chi connectivity index (χ1) is 12.0. The van der Waals surface area contributed by atoms with E-state index in [2.05, 4.69) is 5.32 Å². The van der Waals surface area contributed by atoms with Crippen molar-refractivity contribution in [2.75, 3.05) is 12.4 Å². The summed E-state index contributed by atoms with van der Waals surface area (Å²) in [6, 6.07) is 0. The topological polar surface area (TPSA) is 92.7 Å². The van der Waals surface area contributed by atoms with Crippen LogP contribution in [-0.2, 0) is 27.2 Å². The molecule has 3 aliphatic rings. The van der Waals surface area contributed by atoms with E-state index < -0.39 is 23.8 Å². The summed E-state index contributed by atoms with van der Waals surface area (Å²) >= 11 is 1.41. The van der Waals surface area contributed by atoms with Crippen molar-refractivity contribution in [2.24, 2.45) is 23.7 Å². The van der Waals surface area contributed by atoms with Gasteiger partial charge in [0.25, 0.3) is 0 Å². The van der Waals surface area contributed by atoms with Gasteiger partial charge in [0.15, 0.2) is 0 Å². The Bertz CT molecular complexity index is 796. The van der Waals surface area contributed by atoms with Crippen LogP contribution in [0.1, 0.15) is 33.6 Å². The fraction of sp³-hybridized carbons (Fsp3) is 0.500. The number of rotatable bonds is 4. The molecule has 7 heteroatoms. The van der Waals surface area contributed by atoms with Crippen LogP contribution in [0, 0.1) is 23.7 Å². The van der Waals surface area contributed by atoms with Gasteiger partial charge < -0.3 is 15.2 Å². The number of hydrogen-bond donors (Lipinski definition) is 2. The highest BCUT2D eigenvalue weighted by atomic mass is 32.1. The van der Waals surface area contributed by atoms with Crippen molar-refractivity contribution in [3.63, 3.8) is 0 Å². The minimum Gasteiger partial charge on any atom is -0.481 e. The average molecular weight is 361 g/mol. The number of esters is 1. The fourth-order valence-corrected chi connectivity index (χ4v) is 5.80. The SMILES string of the molecule is COC(=O)c1c(NC(=O)[C@H]2[C@H](C(=O)O)[C@H]3C=C[C@H]2C3)sc2c1CCC2. The number of hydrogen-bond acceptors (Lipinski definition) is 5. The maximum absolute atomic E-state index is 12.9. The van der Waals surface area contributed by atoms with E-state index >= 15 is 0 Å². The molecule has 25 heavy (non-hydrogen) atoms. The summed E-state index contributed by atoms with van der Waals surface area (Å²) in [6.07, 6.45) is 7.27. The van der Waals surface area contributed by atoms with Crippen molar-refractivity contribution in [1.29, 1.82) is 0 Å². The van der Waals surface area contributed by atoms with E-state index in [9.17, 15) is 19.5 Å². The molecule has 0 aromatic carbocycles. The van der Waals surface area contributed by atoms with Gasteiger partial charge in [0.05, 0.1) is 24.5 Å². The number of ether oxygens (including phenoxy) is 1. The van der Waals surface area contributed by atoms with Crippen LogP contribution in [-0.4, -0.2) is 30.1 Å². The number of aryl methyl sites for hydroxylation is 1. The smallest absolute Gasteiger partial charge is 0.341 e. The Morgan fingerprint density at radius 1 is 1.20 bits per heavy atom. The van der Waals surface area contributed by atoms with E-state index in [1.165, 1.54) is 18.4 Å². The first-order valence-corrected chi connectivity index (χ1v) is 9.27. The lowest BCUT2D eigenvalue weighted by molar-refractivity contribution is -0.146. The third-order valence-electron chi connectivity index (χ3n) is 5.59. The first kappa shape index (κ1) is 16.3. The van der Waals surface area contributed by atoms with Gasteiger partial charge in [-0.2, -0.15) is 0 Å². The molecule has 2 N–H and O–H groups in total. The highest BCUT2D eigenvalue weighted by molar-refractivity contribution is 7.17. The Kier molecular flexibility index (Phi) is 3.91. The van der Waals surface area contributed by atoms with E-state index in [0.29, 0.717) is 17.0 Å². The molecule has 4 rings (SSSR count). The highest BCUT2D eigenvalue weighted by Crippen LogP contribution is 2.49. The third-order valence-corrected chi connectivity index (χ3v) is 6.80. The Hall–Kier alpha value is -2.15. The number of carbonyl (C=O) groups is 3. The lowest BCUT2D eigenvalue weighted by Crippen LogP contribution is -2.36. The zero-order valence-electron chi connectivity index (χ0n) is 13.8. The molecule has 0 radical (unpaired) electrons. The number of aliphatic carboxylic acids is 1. The minimum absolute atomic E-state index is 0.0421. The summed E-state index contributed by atoms with van der Waals surface area (Å²) in [7, 11) is 1.33. The molecular formula is C18H19NO5S. The Balaban J connectivity index is 1.63. The van der Waals surface area contributed by atoms with Crippen LogP contribution in [0.4, 0.5) is 5.00 Å². The summed E-state index contributed by atoms with van der Waals surface area (Å²) in [6.45, 7) is 0. The van der Waals surface area contributed by atoms with Gasteiger partial charge in [0, 0.05) is 4.88 Å². The van der Waals surface area contributed by atoms with Gasteiger partial charge in [-0.05, 0) is 43.1 Å². The van der Waals surface area contributed by atoms with Crippen molar-refractivity contribution < 1.29 is 24.2 Å². The van der Waals surface area contributed by atoms with E-state index in [-0.39, 0.29) is 17.7 Å². The van der Waals surface area contributed by atoms with Crippen molar-refractivity contribution in [3.8, 4) is 0 Å². The fourth-order valence-electron chi connectivity index (χ4n) is 4.52. The molecule has 0 spiro atoms. The molecule has 4 atom stereocenters. The average Bonchev–Trinajstić information content (AvgIpc) is 3.32. The Labute approximate surface area is 148 Å². The lowest BCUT2D eigenvalue weighted by Gasteiger charge is -2.23. The van der Waals surface area contributed by atoms with Gasteiger partial charge in [-0.1, -0.05) is 12.2 Å². The summed E-state index contributed by atoms with van der Waals surface area (Å²) in [5.41, 5.74) is 1.41. The highest BCUT2D eigenvalue weighted by Gasteiger charge is 2.51. The molecule has 1 saturated carbocycles. The Morgan fingerprint density at radius 2 is 1.92 bits per heavy atom. The number of fused-ring (bicyclic) bond motifs is 3. The number of methoxy groups -OCH3 is 1. The molecule has 6 nitrogen and oxygen atoms in total. The van der Waals surface area contributed by atoms with Gasteiger partial charge in [-0.3, -0.25) is 9.59 Å². The molecule has 1 aromatic heterocycles. The molecule has 2 bridgehead atoms. The van der Waals surface area contributed by atoms with Crippen LogP contribution in [0.25, 0.3) is 0 Å². The largest absolute Gasteiger partial charge is 0.481 e. The van der Waals surface area contributed by atoms with Crippen LogP contribution in [0.5, 0.6) is 0 Å². The molecule has 3 aliphatic carbocycles. The normalized spacial score (nSPS) is 28.8. The van der Waals surface area contributed by atoms with Crippen molar-refractivity contribution >= 4 is 34.2 Å². The van der Waals surface area contributed by atoms with Crippen molar-refractivity contribution in [1.82, 2.24) is 0 Å². The zero-order valence-corrected chi connectivity index (χ0v) is 14.6. The second-order valence-electron chi connectivity index (χ2n) is 6.88. The summed E-state index contributed by atoms with van der Waals surface area (Å²) < 4.78 is 4.89. The predicted molar refractivity (Wildman–Crippen MR) is 91.7 cm³/mol. The summed E-state index contributed by atoms with van der Waals surface area (Å²) in [5.74, 6) is -3.09. The second kappa shape index (κ2) is 5.98. The van der Waals surface area contributed by atoms with Gasteiger partial charge in [-0.25, -0.2) is 4.79 Å². The third kappa shape index (κ3) is 2.49. The number of thiophene rings is 1. The molecule has 132 valence electrons. The van der Waals surface area contributed by atoms with E-state index in [1.807, 2.05) is 12.2 Å². The van der Waals surface area contributed by atoms with Crippen LogP contribution in [0.3, 0.4) is 0 Å². The van der Waals surface area contributed by atoms with Crippen LogP contribution < -0.4 is 5.32 Å². The quantitative estimate of drug-likeness (QED) is 0.635. The number of amides is 1. The molecule has 1 heterocycles. The van der Waals surface area contributed by atoms with E-state index in [1.54, 1.807) is 0 Å². The molecule has 0 aliphatic heterocycles. The van der Waals surface area contributed by atoms with Crippen molar-refractivity contribution in [2.45, 2.75) is 25.7 Å². The minimum atomic E-state index is -0.932. The molecule has 1 amide bonds. The zero-order chi connectivity index (χ0) is 17.7. The standard InChI is InChI=1S/C18H19NO5S/c1-24-18(23)14-10-3-2-4-11(10)25-16(14)19-15(20)12-8-5-6-9(7-8)13(12)17(21)22/h5-6,8-9,12-13H,2-4,7H2,1H3,(H,19,20)(H,21,22)/t8-,9-,12+,13+/m0/s1. The van der Waals surface area contributed by atoms with Crippen molar-refractivity contribution in [3.05, 3.63) is 28.2 Å². The maximum atomic E-state index is 12.9. The summed E-state index contributed by atoms with van der Waals surface area (Å²) in [5, 5.41) is 12.9. The number of allylic oxidation sites excluding steroid dienone is 2. The number of nitrogens with one attached hydrogen (secondary N) is 1. The number of carboxylic acid groups (broad SMARTS) is 1. The first-order valence-electron chi connectivity index (χ1n) is 8.46. The van der Waals surface area contributed by atoms with Crippen LogP contribution in [0.2, 0.25) is 0 Å². The van der Waals surface area contributed by atoms with Gasteiger partial charge >= 0.3 is 11.9 Å². The number of anilines is 1. The number of carbonyl (C=O) groups excluding carboxylic acids is 2. The van der Waals surface area contributed by atoms with Crippen LogP contribution in [0.15, 0.2) is 12.2 Å². The number of carboxylic acids is 1.